The third kappa shape index (κ3) is 4.43. The second-order valence-corrected chi connectivity index (χ2v) is 7.78. The maximum Gasteiger partial charge on any atom is 0.379 e. The van der Waals surface area contributed by atoms with Gasteiger partial charge in [0.2, 0.25) is 5.76 Å². The molecule has 1 heterocycles. The Hall–Kier alpha value is -3.67. The van der Waals surface area contributed by atoms with Crippen LogP contribution in [0.2, 0.25) is 0 Å². The zero-order valence-corrected chi connectivity index (χ0v) is 17.8. The number of ether oxygens (including phenoxy) is 1. The van der Waals surface area contributed by atoms with Gasteiger partial charge in [0.05, 0.1) is 5.71 Å². The summed E-state index contributed by atoms with van der Waals surface area (Å²) in [6, 6.07) is 14.6. The van der Waals surface area contributed by atoms with Crippen LogP contribution >= 0.6 is 0 Å². The number of hydrogen-bond acceptors (Lipinski definition) is 5. The Morgan fingerprint density at radius 2 is 1.77 bits per heavy atom. The third-order valence-corrected chi connectivity index (χ3v) is 5.32. The van der Waals surface area contributed by atoms with Gasteiger partial charge in [-0.1, -0.05) is 35.4 Å². The molecule has 0 radical (unpaired) electrons. The first-order valence-electron chi connectivity index (χ1n) is 10.3. The monoisotopic (exact) mass is 416 g/mol. The summed E-state index contributed by atoms with van der Waals surface area (Å²) in [5.41, 5.74) is 7.44. The Labute approximate surface area is 180 Å². The molecule has 6 heteroatoms. The Morgan fingerprint density at radius 1 is 1.00 bits per heavy atom. The van der Waals surface area contributed by atoms with Crippen LogP contribution in [0.25, 0.3) is 0 Å². The molecule has 0 aliphatic heterocycles. The number of hydrogen-bond donors (Lipinski definition) is 1. The third-order valence-electron chi connectivity index (χ3n) is 5.32. The van der Waals surface area contributed by atoms with Gasteiger partial charge < -0.3 is 9.15 Å². The van der Waals surface area contributed by atoms with Gasteiger partial charge in [-0.15, -0.1) is 0 Å². The van der Waals surface area contributed by atoms with Crippen LogP contribution in [0, 0.1) is 20.8 Å². The zero-order chi connectivity index (χ0) is 22.0. The van der Waals surface area contributed by atoms with E-state index in [9.17, 15) is 9.59 Å². The largest absolute Gasteiger partial charge is 0.453 e. The minimum Gasteiger partial charge on any atom is -0.453 e. The van der Waals surface area contributed by atoms with Crippen LogP contribution in [0.1, 0.15) is 61.8 Å². The van der Waals surface area contributed by atoms with E-state index in [1.54, 1.807) is 18.2 Å². The number of carbonyl (C=O) groups is 2. The highest BCUT2D eigenvalue weighted by Gasteiger charge is 2.29. The van der Waals surface area contributed by atoms with Crippen molar-refractivity contribution in [3.8, 4) is 5.75 Å². The summed E-state index contributed by atoms with van der Waals surface area (Å²) < 4.78 is 11.3. The summed E-state index contributed by atoms with van der Waals surface area (Å²) in [5, 5.41) is 4.36. The standard InChI is InChI=1S/C25H24N2O4/c1-15-10-12-19(13-11-15)30-25(29)23-17(3)22-20(8-5-9-21(22)31-23)26-27-24(28)18-7-4-6-16(2)14-18/h4,6-7,10-14H,5,8-9H2,1-3H3,(H,27,28)/b26-20+. The van der Waals surface area contributed by atoms with Gasteiger partial charge in [0.15, 0.2) is 0 Å². The van der Waals surface area contributed by atoms with Crippen molar-refractivity contribution >= 4 is 17.6 Å². The summed E-state index contributed by atoms with van der Waals surface area (Å²) in [4.78, 5) is 25.2. The van der Waals surface area contributed by atoms with E-state index in [0.717, 1.165) is 23.1 Å². The van der Waals surface area contributed by atoms with Crippen LogP contribution in [0.15, 0.2) is 58.0 Å². The molecule has 0 atom stereocenters. The number of nitrogens with zero attached hydrogens (tertiary/aromatic N) is 1. The lowest BCUT2D eigenvalue weighted by Gasteiger charge is -2.13. The molecule has 0 bridgehead atoms. The van der Waals surface area contributed by atoms with Crippen LogP contribution < -0.4 is 10.2 Å². The van der Waals surface area contributed by atoms with Gasteiger partial charge in [-0.3, -0.25) is 4.79 Å². The van der Waals surface area contributed by atoms with Crippen molar-refractivity contribution < 1.29 is 18.7 Å². The van der Waals surface area contributed by atoms with Crippen LogP contribution in [0.3, 0.4) is 0 Å². The van der Waals surface area contributed by atoms with E-state index < -0.39 is 5.97 Å². The number of hydrazone groups is 1. The molecule has 6 nitrogen and oxygen atoms in total. The summed E-state index contributed by atoms with van der Waals surface area (Å²) in [6.45, 7) is 5.72. The average Bonchev–Trinajstić information content (AvgIpc) is 3.11. The summed E-state index contributed by atoms with van der Waals surface area (Å²) >= 11 is 0. The van der Waals surface area contributed by atoms with Crippen LogP contribution in [0.4, 0.5) is 0 Å². The maximum absolute atomic E-state index is 12.7. The SMILES string of the molecule is Cc1ccc(OC(=O)c2oc3c(c2C)/C(=N/NC(=O)c2cccc(C)c2)CCC3)cc1. The number of carbonyl (C=O) groups excluding carboxylic acids is 2. The smallest absolute Gasteiger partial charge is 0.379 e. The molecule has 1 aromatic heterocycles. The minimum absolute atomic E-state index is 0.171. The van der Waals surface area contributed by atoms with Crippen molar-refractivity contribution in [2.24, 2.45) is 5.10 Å². The van der Waals surface area contributed by atoms with Crippen molar-refractivity contribution in [1.82, 2.24) is 5.43 Å². The summed E-state index contributed by atoms with van der Waals surface area (Å²) in [7, 11) is 0. The molecular weight excluding hydrogens is 392 g/mol. The molecule has 3 aromatic rings. The number of furan rings is 1. The zero-order valence-electron chi connectivity index (χ0n) is 17.8. The number of esters is 1. The molecule has 0 spiro atoms. The van der Waals surface area contributed by atoms with Crippen molar-refractivity contribution in [3.63, 3.8) is 0 Å². The van der Waals surface area contributed by atoms with Gasteiger partial charge in [0.1, 0.15) is 11.5 Å². The number of aryl methyl sites for hydroxylation is 3. The van der Waals surface area contributed by atoms with Gasteiger partial charge >= 0.3 is 5.97 Å². The molecule has 2 aromatic carbocycles. The average molecular weight is 416 g/mol. The fraction of sp³-hybridized carbons (Fsp3) is 0.240. The number of benzene rings is 2. The van der Waals surface area contributed by atoms with Crippen molar-refractivity contribution in [2.75, 3.05) is 0 Å². The van der Waals surface area contributed by atoms with E-state index in [4.69, 9.17) is 9.15 Å². The van der Waals surface area contributed by atoms with Crippen molar-refractivity contribution in [1.29, 1.82) is 0 Å². The Morgan fingerprint density at radius 3 is 2.52 bits per heavy atom. The topological polar surface area (TPSA) is 80.9 Å². The van der Waals surface area contributed by atoms with E-state index in [1.165, 1.54) is 0 Å². The van der Waals surface area contributed by atoms with Crippen LogP contribution in [0.5, 0.6) is 5.75 Å². The molecule has 1 amide bonds. The van der Waals surface area contributed by atoms with Crippen molar-refractivity contribution in [3.05, 3.63) is 87.9 Å². The van der Waals surface area contributed by atoms with E-state index >= 15 is 0 Å². The number of fused-ring (bicyclic) bond motifs is 1. The normalized spacial score (nSPS) is 14.2. The Kier molecular flexibility index (Phi) is 5.71. The molecule has 0 fully saturated rings. The summed E-state index contributed by atoms with van der Waals surface area (Å²) in [6.07, 6.45) is 2.22. The van der Waals surface area contributed by atoms with Gasteiger partial charge in [-0.05, 0) is 57.9 Å². The first-order valence-corrected chi connectivity index (χ1v) is 10.3. The van der Waals surface area contributed by atoms with Gasteiger partial charge in [0.25, 0.3) is 5.91 Å². The second kappa shape index (κ2) is 8.60. The predicted molar refractivity (Wildman–Crippen MR) is 118 cm³/mol. The number of rotatable bonds is 4. The fourth-order valence-electron chi connectivity index (χ4n) is 3.70. The van der Waals surface area contributed by atoms with Gasteiger partial charge in [-0.2, -0.15) is 5.10 Å². The first kappa shape index (κ1) is 20.6. The van der Waals surface area contributed by atoms with Crippen LogP contribution in [-0.4, -0.2) is 17.6 Å². The lowest BCUT2D eigenvalue weighted by Crippen LogP contribution is -2.22. The number of amides is 1. The summed E-state index contributed by atoms with van der Waals surface area (Å²) in [5.74, 6) is 0.513. The molecule has 31 heavy (non-hydrogen) atoms. The van der Waals surface area contributed by atoms with E-state index in [0.29, 0.717) is 41.2 Å². The molecule has 158 valence electrons. The van der Waals surface area contributed by atoms with E-state index in [1.807, 2.05) is 51.1 Å². The Bertz CT molecular complexity index is 1170. The van der Waals surface area contributed by atoms with Crippen LogP contribution in [-0.2, 0) is 6.42 Å². The van der Waals surface area contributed by atoms with Gasteiger partial charge in [0, 0.05) is 23.1 Å². The molecule has 0 saturated carbocycles. The predicted octanol–water partition coefficient (Wildman–Crippen LogP) is 4.89. The molecule has 1 aliphatic carbocycles. The lowest BCUT2D eigenvalue weighted by molar-refractivity contribution is 0.0698. The number of nitrogens with one attached hydrogen (secondary N) is 1. The van der Waals surface area contributed by atoms with E-state index in [2.05, 4.69) is 10.5 Å². The molecule has 4 rings (SSSR count). The first-order chi connectivity index (χ1) is 14.9. The maximum atomic E-state index is 12.7. The van der Waals surface area contributed by atoms with E-state index in [-0.39, 0.29) is 11.7 Å². The quantitative estimate of drug-likeness (QED) is 0.373. The molecular formula is C25H24N2O4. The fourth-order valence-corrected chi connectivity index (χ4v) is 3.70. The highest BCUT2D eigenvalue weighted by molar-refractivity contribution is 6.06. The highest BCUT2D eigenvalue weighted by Crippen LogP contribution is 2.30. The highest BCUT2D eigenvalue weighted by atomic mass is 16.5. The minimum atomic E-state index is -0.543. The van der Waals surface area contributed by atoms with Crippen molar-refractivity contribution in [2.45, 2.75) is 40.0 Å². The van der Waals surface area contributed by atoms with Gasteiger partial charge in [-0.25, -0.2) is 10.2 Å². The molecule has 0 unspecified atom stereocenters. The Balaban J connectivity index is 1.56. The molecule has 0 saturated heterocycles. The lowest BCUT2D eigenvalue weighted by atomic mass is 9.93. The molecule has 1 aliphatic rings. The second-order valence-electron chi connectivity index (χ2n) is 7.78. The molecule has 1 N–H and O–H groups in total.